The molecule has 0 aromatic carbocycles. The summed E-state index contributed by atoms with van der Waals surface area (Å²) in [4.78, 5) is 2.50. The van der Waals surface area contributed by atoms with Gasteiger partial charge in [-0.3, -0.25) is 4.90 Å². The molecule has 1 saturated carbocycles. The average molecular weight is 185 g/mol. The largest absolute Gasteiger partial charge is 0.394 e. The SMILES string of the molecule is OCC1CN(C2CCCC2)CCO1. The van der Waals surface area contributed by atoms with E-state index in [2.05, 4.69) is 4.90 Å². The highest BCUT2D eigenvalue weighted by Crippen LogP contribution is 2.24. The molecule has 0 radical (unpaired) electrons. The first-order valence-corrected chi connectivity index (χ1v) is 5.36. The number of aliphatic hydroxyl groups is 1. The summed E-state index contributed by atoms with van der Waals surface area (Å²) in [6.45, 7) is 2.95. The average Bonchev–Trinajstić information content (AvgIpc) is 2.71. The zero-order valence-electron chi connectivity index (χ0n) is 8.11. The maximum Gasteiger partial charge on any atom is 0.0932 e. The number of morpholine rings is 1. The third-order valence-electron chi connectivity index (χ3n) is 3.21. The molecule has 1 unspecified atom stereocenters. The molecule has 1 saturated heterocycles. The van der Waals surface area contributed by atoms with Crippen LogP contribution < -0.4 is 0 Å². The Bertz CT molecular complexity index is 157. The minimum atomic E-state index is 0.0642. The van der Waals surface area contributed by atoms with Crippen LogP contribution >= 0.6 is 0 Å². The predicted molar refractivity (Wildman–Crippen MR) is 50.7 cm³/mol. The van der Waals surface area contributed by atoms with Crippen LogP contribution in [0, 0.1) is 0 Å². The Labute approximate surface area is 79.7 Å². The van der Waals surface area contributed by atoms with Crippen LogP contribution in [0.4, 0.5) is 0 Å². The molecule has 1 heterocycles. The van der Waals surface area contributed by atoms with Gasteiger partial charge in [-0.2, -0.15) is 0 Å². The second-order valence-corrected chi connectivity index (χ2v) is 4.11. The summed E-state index contributed by atoms with van der Waals surface area (Å²) in [6.07, 6.45) is 5.52. The van der Waals surface area contributed by atoms with E-state index < -0.39 is 0 Å². The molecule has 2 fully saturated rings. The number of hydrogen-bond donors (Lipinski definition) is 1. The quantitative estimate of drug-likeness (QED) is 0.684. The Morgan fingerprint density at radius 2 is 2.08 bits per heavy atom. The summed E-state index contributed by atoms with van der Waals surface area (Å²) >= 11 is 0. The summed E-state index contributed by atoms with van der Waals surface area (Å²) in [7, 11) is 0. The number of nitrogens with zero attached hydrogens (tertiary/aromatic N) is 1. The zero-order valence-corrected chi connectivity index (χ0v) is 8.11. The summed E-state index contributed by atoms with van der Waals surface area (Å²) in [6, 6.07) is 0.776. The van der Waals surface area contributed by atoms with E-state index in [1.54, 1.807) is 0 Å². The first-order chi connectivity index (χ1) is 6.40. The molecule has 2 aliphatic rings. The Morgan fingerprint density at radius 1 is 1.31 bits per heavy atom. The van der Waals surface area contributed by atoms with Crippen LogP contribution in [0.2, 0.25) is 0 Å². The molecule has 76 valence electrons. The van der Waals surface area contributed by atoms with Crippen molar-refractivity contribution < 1.29 is 9.84 Å². The standard InChI is InChI=1S/C10H19NO2/c12-8-10-7-11(5-6-13-10)9-3-1-2-4-9/h9-10,12H,1-8H2. The number of aliphatic hydroxyl groups excluding tert-OH is 1. The van der Waals surface area contributed by atoms with E-state index in [1.165, 1.54) is 25.7 Å². The number of hydrogen-bond acceptors (Lipinski definition) is 3. The summed E-state index contributed by atoms with van der Waals surface area (Å²) in [5.74, 6) is 0. The molecule has 0 aromatic heterocycles. The van der Waals surface area contributed by atoms with Crippen molar-refractivity contribution in [2.45, 2.75) is 37.8 Å². The van der Waals surface area contributed by atoms with Gasteiger partial charge >= 0.3 is 0 Å². The van der Waals surface area contributed by atoms with Crippen LogP contribution in [0.5, 0.6) is 0 Å². The van der Waals surface area contributed by atoms with Gasteiger partial charge in [0.25, 0.3) is 0 Å². The van der Waals surface area contributed by atoms with E-state index in [1.807, 2.05) is 0 Å². The van der Waals surface area contributed by atoms with Crippen molar-refractivity contribution in [2.24, 2.45) is 0 Å². The molecule has 3 nitrogen and oxygen atoms in total. The maximum atomic E-state index is 9.00. The fourth-order valence-corrected chi connectivity index (χ4v) is 2.45. The molecule has 1 N–H and O–H groups in total. The van der Waals surface area contributed by atoms with Gasteiger partial charge in [-0.05, 0) is 12.8 Å². The maximum absolute atomic E-state index is 9.00. The summed E-state index contributed by atoms with van der Waals surface area (Å²) < 4.78 is 5.43. The smallest absolute Gasteiger partial charge is 0.0932 e. The molecule has 1 atom stereocenters. The molecule has 0 aromatic rings. The highest BCUT2D eigenvalue weighted by Gasteiger charge is 2.27. The van der Waals surface area contributed by atoms with Crippen molar-refractivity contribution in [1.29, 1.82) is 0 Å². The van der Waals surface area contributed by atoms with Crippen molar-refractivity contribution in [3.8, 4) is 0 Å². The van der Waals surface area contributed by atoms with Gasteiger partial charge < -0.3 is 9.84 Å². The van der Waals surface area contributed by atoms with Crippen LogP contribution in [0.3, 0.4) is 0 Å². The lowest BCUT2D eigenvalue weighted by molar-refractivity contribution is -0.0639. The molecular weight excluding hydrogens is 166 g/mol. The molecule has 2 rings (SSSR count). The molecule has 1 aliphatic heterocycles. The molecule has 0 spiro atoms. The van der Waals surface area contributed by atoms with Crippen LogP contribution in [0.25, 0.3) is 0 Å². The van der Waals surface area contributed by atoms with E-state index in [0.717, 1.165) is 25.7 Å². The van der Waals surface area contributed by atoms with Crippen molar-refractivity contribution in [3.05, 3.63) is 0 Å². The van der Waals surface area contributed by atoms with E-state index in [0.29, 0.717) is 0 Å². The van der Waals surface area contributed by atoms with Gasteiger partial charge in [-0.1, -0.05) is 12.8 Å². The van der Waals surface area contributed by atoms with Crippen LogP contribution in [-0.4, -0.2) is 48.5 Å². The Balaban J connectivity index is 1.84. The van der Waals surface area contributed by atoms with Crippen molar-refractivity contribution >= 4 is 0 Å². The third kappa shape index (κ3) is 2.22. The molecule has 0 bridgehead atoms. The van der Waals surface area contributed by atoms with E-state index >= 15 is 0 Å². The summed E-state index contributed by atoms with van der Waals surface area (Å²) in [5, 5.41) is 9.00. The van der Waals surface area contributed by atoms with Crippen molar-refractivity contribution in [1.82, 2.24) is 4.90 Å². The fraction of sp³-hybridized carbons (Fsp3) is 1.00. The summed E-state index contributed by atoms with van der Waals surface area (Å²) in [5.41, 5.74) is 0. The first-order valence-electron chi connectivity index (χ1n) is 5.36. The highest BCUT2D eigenvalue weighted by atomic mass is 16.5. The monoisotopic (exact) mass is 185 g/mol. The lowest BCUT2D eigenvalue weighted by atomic mass is 10.1. The van der Waals surface area contributed by atoms with Gasteiger partial charge in [0, 0.05) is 19.1 Å². The van der Waals surface area contributed by atoms with E-state index in [4.69, 9.17) is 9.84 Å². The third-order valence-corrected chi connectivity index (χ3v) is 3.21. The highest BCUT2D eigenvalue weighted by molar-refractivity contribution is 4.81. The van der Waals surface area contributed by atoms with Gasteiger partial charge in [0.1, 0.15) is 0 Å². The minimum absolute atomic E-state index is 0.0642. The van der Waals surface area contributed by atoms with Gasteiger partial charge in [0.05, 0.1) is 19.3 Å². The van der Waals surface area contributed by atoms with Crippen LogP contribution in [-0.2, 0) is 4.74 Å². The normalized spacial score (nSPS) is 32.5. The number of ether oxygens (including phenoxy) is 1. The molecule has 1 aliphatic carbocycles. The lowest BCUT2D eigenvalue weighted by Gasteiger charge is -2.36. The lowest BCUT2D eigenvalue weighted by Crippen LogP contribution is -2.47. The van der Waals surface area contributed by atoms with Gasteiger partial charge in [0.2, 0.25) is 0 Å². The number of rotatable bonds is 2. The first kappa shape index (κ1) is 9.44. The predicted octanol–water partition coefficient (Wildman–Crippen LogP) is 0.622. The van der Waals surface area contributed by atoms with E-state index in [9.17, 15) is 0 Å². The van der Waals surface area contributed by atoms with Crippen molar-refractivity contribution in [3.63, 3.8) is 0 Å². The Morgan fingerprint density at radius 3 is 2.77 bits per heavy atom. The molecular formula is C10H19NO2. The molecule has 3 heteroatoms. The van der Waals surface area contributed by atoms with Gasteiger partial charge in [0.15, 0.2) is 0 Å². The van der Waals surface area contributed by atoms with Crippen LogP contribution in [0.15, 0.2) is 0 Å². The van der Waals surface area contributed by atoms with E-state index in [-0.39, 0.29) is 12.7 Å². The molecule has 0 amide bonds. The second kappa shape index (κ2) is 4.40. The molecule has 13 heavy (non-hydrogen) atoms. The fourth-order valence-electron chi connectivity index (χ4n) is 2.45. The van der Waals surface area contributed by atoms with Gasteiger partial charge in [-0.25, -0.2) is 0 Å². The zero-order chi connectivity index (χ0) is 9.10. The Hall–Kier alpha value is -0.120. The second-order valence-electron chi connectivity index (χ2n) is 4.11. The van der Waals surface area contributed by atoms with Crippen LogP contribution in [0.1, 0.15) is 25.7 Å². The minimum Gasteiger partial charge on any atom is -0.394 e. The topological polar surface area (TPSA) is 32.7 Å². The Kier molecular flexibility index (Phi) is 3.19. The van der Waals surface area contributed by atoms with Gasteiger partial charge in [-0.15, -0.1) is 0 Å². The van der Waals surface area contributed by atoms with Crippen molar-refractivity contribution in [2.75, 3.05) is 26.3 Å².